The number of hydrogen-bond donors (Lipinski definition) is 3. The molecule has 7 heteroatoms. The van der Waals surface area contributed by atoms with Crippen molar-refractivity contribution in [1.29, 1.82) is 0 Å². The average molecular weight is 391 g/mol. The number of phenolic OH excluding ortho intramolecular Hbond substituents is 1. The number of carboxylic acid groups (broad SMARTS) is 1. The highest BCUT2D eigenvalue weighted by atomic mass is 127. The van der Waals surface area contributed by atoms with Crippen LogP contribution in [0.25, 0.3) is 0 Å². The van der Waals surface area contributed by atoms with Gasteiger partial charge in [0, 0.05) is 5.56 Å². The van der Waals surface area contributed by atoms with E-state index in [1.807, 2.05) is 22.6 Å². The van der Waals surface area contributed by atoms with E-state index >= 15 is 0 Å². The van der Waals surface area contributed by atoms with Gasteiger partial charge in [-0.25, -0.2) is 0 Å². The summed E-state index contributed by atoms with van der Waals surface area (Å²) in [6.45, 7) is 1.76. The number of nitrogens with one attached hydrogen (secondary N) is 1. The number of carbonyl (C=O) groups is 2. The highest BCUT2D eigenvalue weighted by molar-refractivity contribution is 14.1. The molecule has 0 aliphatic carbocycles. The maximum atomic E-state index is 12.1. The largest absolute Gasteiger partial charge is 0.507 e. The lowest BCUT2D eigenvalue weighted by atomic mass is 9.85. The predicted molar refractivity (Wildman–Crippen MR) is 78.6 cm³/mol. The number of halogens is 1. The molecular weight excluding hydrogens is 377 g/mol. The van der Waals surface area contributed by atoms with Crippen LogP contribution in [-0.4, -0.2) is 41.3 Å². The highest BCUT2D eigenvalue weighted by Crippen LogP contribution is 2.29. The Morgan fingerprint density at radius 3 is 2.80 bits per heavy atom. The molecular formula is C13H14INO5. The second kappa shape index (κ2) is 5.57. The van der Waals surface area contributed by atoms with E-state index in [1.165, 1.54) is 6.07 Å². The van der Waals surface area contributed by atoms with E-state index in [0.717, 1.165) is 0 Å². The van der Waals surface area contributed by atoms with Crippen molar-refractivity contribution in [3.05, 3.63) is 27.3 Å². The predicted octanol–water partition coefficient (Wildman–Crippen LogP) is 1.22. The molecule has 2 rings (SSSR count). The number of phenols is 1. The second-order valence-electron chi connectivity index (χ2n) is 4.93. The van der Waals surface area contributed by atoms with Crippen LogP contribution in [0.1, 0.15) is 17.3 Å². The van der Waals surface area contributed by atoms with Crippen LogP contribution in [0.2, 0.25) is 0 Å². The lowest BCUT2D eigenvalue weighted by molar-refractivity contribution is -0.148. The molecule has 108 valence electrons. The monoisotopic (exact) mass is 391 g/mol. The first-order valence-corrected chi connectivity index (χ1v) is 7.03. The molecule has 0 aromatic heterocycles. The van der Waals surface area contributed by atoms with E-state index in [-0.39, 0.29) is 24.5 Å². The normalized spacial score (nSPS) is 25.4. The fraction of sp³-hybridized carbons (Fsp3) is 0.385. The molecule has 6 nitrogen and oxygen atoms in total. The van der Waals surface area contributed by atoms with E-state index in [9.17, 15) is 19.8 Å². The number of amides is 1. The topological polar surface area (TPSA) is 95.9 Å². The summed E-state index contributed by atoms with van der Waals surface area (Å²) in [4.78, 5) is 23.4. The van der Waals surface area contributed by atoms with Gasteiger partial charge in [-0.05, 0) is 47.7 Å². The van der Waals surface area contributed by atoms with Crippen molar-refractivity contribution in [3.8, 4) is 5.75 Å². The third-order valence-corrected chi connectivity index (χ3v) is 4.37. The van der Waals surface area contributed by atoms with Gasteiger partial charge in [0.25, 0.3) is 5.91 Å². The number of carboxylic acids is 1. The van der Waals surface area contributed by atoms with Gasteiger partial charge < -0.3 is 20.3 Å². The van der Waals surface area contributed by atoms with Crippen molar-refractivity contribution in [3.63, 3.8) is 0 Å². The summed E-state index contributed by atoms with van der Waals surface area (Å²) < 4.78 is 5.81. The Labute approximate surface area is 129 Å². The molecule has 2 unspecified atom stereocenters. The summed E-state index contributed by atoms with van der Waals surface area (Å²) in [5.74, 6) is -1.42. The third-order valence-electron chi connectivity index (χ3n) is 3.46. The second-order valence-corrected chi connectivity index (χ2v) is 6.09. The number of benzene rings is 1. The average Bonchev–Trinajstić information content (AvgIpc) is 2.75. The smallest absolute Gasteiger partial charge is 0.313 e. The molecule has 20 heavy (non-hydrogen) atoms. The summed E-state index contributed by atoms with van der Waals surface area (Å²) in [6.07, 6.45) is 0. The highest BCUT2D eigenvalue weighted by Gasteiger charge is 2.47. The van der Waals surface area contributed by atoms with Gasteiger partial charge in [0.2, 0.25) is 0 Å². The van der Waals surface area contributed by atoms with Crippen molar-refractivity contribution in [2.75, 3.05) is 13.2 Å². The summed E-state index contributed by atoms with van der Waals surface area (Å²) in [6, 6.07) is 3.94. The number of aromatic hydroxyl groups is 1. The van der Waals surface area contributed by atoms with Crippen LogP contribution < -0.4 is 5.32 Å². The van der Waals surface area contributed by atoms with Gasteiger partial charge in [0.1, 0.15) is 11.2 Å². The molecule has 1 saturated heterocycles. The number of ether oxygens (including phenoxy) is 1. The lowest BCUT2D eigenvalue weighted by Crippen LogP contribution is -2.49. The zero-order valence-corrected chi connectivity index (χ0v) is 12.9. The first kappa shape index (κ1) is 15.0. The van der Waals surface area contributed by atoms with Crippen molar-refractivity contribution in [2.45, 2.75) is 13.0 Å². The van der Waals surface area contributed by atoms with E-state index < -0.39 is 23.3 Å². The molecule has 0 saturated carbocycles. The zero-order valence-electron chi connectivity index (χ0n) is 10.7. The summed E-state index contributed by atoms with van der Waals surface area (Å²) in [7, 11) is 0. The Balaban J connectivity index is 2.15. The lowest BCUT2D eigenvalue weighted by Gasteiger charge is -2.25. The summed E-state index contributed by atoms with van der Waals surface area (Å²) in [5, 5.41) is 21.5. The van der Waals surface area contributed by atoms with Crippen LogP contribution in [0.5, 0.6) is 5.75 Å². The van der Waals surface area contributed by atoms with Gasteiger partial charge in [-0.15, -0.1) is 0 Å². The van der Waals surface area contributed by atoms with Crippen molar-refractivity contribution in [2.24, 2.45) is 5.41 Å². The molecule has 1 aliphatic heterocycles. The van der Waals surface area contributed by atoms with Crippen LogP contribution in [0.3, 0.4) is 0 Å². The minimum atomic E-state index is -1.14. The first-order chi connectivity index (χ1) is 9.34. The number of rotatable bonds is 3. The third kappa shape index (κ3) is 2.73. The van der Waals surface area contributed by atoms with Gasteiger partial charge in [0.15, 0.2) is 0 Å². The zero-order chi connectivity index (χ0) is 14.9. The van der Waals surface area contributed by atoms with E-state index in [1.54, 1.807) is 19.1 Å². The minimum absolute atomic E-state index is 0.0157. The molecule has 0 radical (unpaired) electrons. The molecule has 1 fully saturated rings. The quantitative estimate of drug-likeness (QED) is 0.674. The maximum Gasteiger partial charge on any atom is 0.313 e. The molecule has 0 bridgehead atoms. The summed E-state index contributed by atoms with van der Waals surface area (Å²) >= 11 is 1.95. The van der Waals surface area contributed by atoms with Gasteiger partial charge in [0.05, 0.1) is 22.8 Å². The molecule has 2 atom stereocenters. The molecule has 1 amide bonds. The van der Waals surface area contributed by atoms with Crippen molar-refractivity contribution < 1.29 is 24.5 Å². The number of carbonyl (C=O) groups excluding carboxylic acids is 1. The van der Waals surface area contributed by atoms with E-state index in [4.69, 9.17) is 4.74 Å². The fourth-order valence-corrected chi connectivity index (χ4v) is 2.32. The van der Waals surface area contributed by atoms with Crippen LogP contribution in [-0.2, 0) is 9.53 Å². The van der Waals surface area contributed by atoms with Crippen LogP contribution in [0.4, 0.5) is 0 Å². The molecule has 1 aromatic rings. The number of hydrogen-bond acceptors (Lipinski definition) is 4. The fourth-order valence-electron chi connectivity index (χ4n) is 1.98. The molecule has 3 N–H and O–H groups in total. The standard InChI is InChI=1S/C13H14INO5/c1-13(12(18)19)6-20-5-10(13)15-11(17)7-2-3-8(14)9(16)4-7/h2-4,10,16H,5-6H2,1H3,(H,15,17)(H,18,19). The number of aliphatic carboxylic acids is 1. The Kier molecular flexibility index (Phi) is 4.19. The van der Waals surface area contributed by atoms with Crippen LogP contribution >= 0.6 is 22.6 Å². The van der Waals surface area contributed by atoms with E-state index in [2.05, 4.69) is 5.32 Å². The molecule has 1 aromatic carbocycles. The first-order valence-electron chi connectivity index (χ1n) is 5.95. The van der Waals surface area contributed by atoms with Crippen LogP contribution in [0, 0.1) is 8.99 Å². The van der Waals surface area contributed by atoms with Crippen LogP contribution in [0.15, 0.2) is 18.2 Å². The van der Waals surface area contributed by atoms with E-state index in [0.29, 0.717) is 3.57 Å². The van der Waals surface area contributed by atoms with Gasteiger partial charge >= 0.3 is 5.97 Å². The summed E-state index contributed by atoms with van der Waals surface area (Å²) in [5.41, 5.74) is -0.858. The Hall–Kier alpha value is -1.35. The molecule has 1 heterocycles. The SMILES string of the molecule is CC1(C(=O)O)COCC1NC(=O)c1ccc(I)c(O)c1. The van der Waals surface area contributed by atoms with Gasteiger partial charge in [-0.3, -0.25) is 9.59 Å². The Bertz CT molecular complexity index is 562. The Morgan fingerprint density at radius 1 is 1.50 bits per heavy atom. The molecule has 1 aliphatic rings. The van der Waals surface area contributed by atoms with Gasteiger partial charge in [-0.1, -0.05) is 0 Å². The Morgan fingerprint density at radius 2 is 2.20 bits per heavy atom. The van der Waals surface area contributed by atoms with Gasteiger partial charge in [-0.2, -0.15) is 0 Å². The minimum Gasteiger partial charge on any atom is -0.507 e. The maximum absolute atomic E-state index is 12.1. The molecule has 0 spiro atoms. The van der Waals surface area contributed by atoms with Crippen molar-refractivity contribution in [1.82, 2.24) is 5.32 Å². The van der Waals surface area contributed by atoms with Crippen molar-refractivity contribution >= 4 is 34.5 Å².